The topological polar surface area (TPSA) is 69.8 Å². The number of likely N-dealkylation sites (tertiary alicyclic amines) is 1. The lowest BCUT2D eigenvalue weighted by Gasteiger charge is -2.31. The van der Waals surface area contributed by atoms with Crippen LogP contribution in [0.3, 0.4) is 0 Å². The molecule has 144 valence electrons. The van der Waals surface area contributed by atoms with Gasteiger partial charge in [0.2, 0.25) is 5.91 Å². The minimum Gasteiger partial charge on any atom is -0.391 e. The number of β-amino-alcohol motifs (C(OH)–C–C–N with tert-alkyl or cyclic N) is 1. The zero-order valence-corrected chi connectivity index (χ0v) is 16.0. The van der Waals surface area contributed by atoms with E-state index in [0.29, 0.717) is 26.1 Å². The molecule has 1 aromatic carbocycles. The predicted molar refractivity (Wildman–Crippen MR) is 103 cm³/mol. The second-order valence-corrected chi connectivity index (χ2v) is 7.94. The number of carbonyl (C=O) groups is 1. The summed E-state index contributed by atoms with van der Waals surface area (Å²) in [5.41, 5.74) is 4.39. The molecule has 1 aromatic heterocycles. The van der Waals surface area contributed by atoms with E-state index in [2.05, 4.69) is 35.2 Å². The number of anilines is 1. The maximum absolute atomic E-state index is 13.0. The van der Waals surface area contributed by atoms with Crippen LogP contribution in [-0.2, 0) is 17.6 Å². The summed E-state index contributed by atoms with van der Waals surface area (Å²) in [7, 11) is 0. The first kappa shape index (κ1) is 18.2. The molecule has 2 atom stereocenters. The quantitative estimate of drug-likeness (QED) is 0.894. The van der Waals surface area contributed by atoms with Crippen molar-refractivity contribution in [3.63, 3.8) is 0 Å². The lowest BCUT2D eigenvalue weighted by atomic mass is 9.99. The minimum absolute atomic E-state index is 0.0708. The smallest absolute Gasteiger partial charge is 0.241 e. The van der Waals surface area contributed by atoms with Gasteiger partial charge in [-0.2, -0.15) is 0 Å². The number of fused-ring (bicyclic) bond motifs is 1. The summed E-state index contributed by atoms with van der Waals surface area (Å²) in [6, 6.07) is 8.23. The Hall–Kier alpha value is -2.18. The largest absolute Gasteiger partial charge is 0.391 e. The Labute approximate surface area is 159 Å². The van der Waals surface area contributed by atoms with Crippen LogP contribution in [0.2, 0.25) is 0 Å². The van der Waals surface area contributed by atoms with E-state index < -0.39 is 6.10 Å². The first-order chi connectivity index (χ1) is 13.0. The van der Waals surface area contributed by atoms with E-state index in [0.717, 1.165) is 36.5 Å². The second-order valence-electron chi connectivity index (χ2n) is 7.94. The lowest BCUT2D eigenvalue weighted by molar-refractivity contribution is -0.119. The van der Waals surface area contributed by atoms with Crippen LogP contribution in [0.15, 0.2) is 28.8 Å². The molecule has 0 spiro atoms. The first-order valence-corrected chi connectivity index (χ1v) is 9.72. The fourth-order valence-corrected chi connectivity index (χ4v) is 4.30. The Kier molecular flexibility index (Phi) is 5.02. The van der Waals surface area contributed by atoms with Crippen molar-refractivity contribution >= 4 is 11.6 Å². The zero-order chi connectivity index (χ0) is 19.0. The molecule has 0 aliphatic carbocycles. The highest BCUT2D eigenvalue weighted by Crippen LogP contribution is 2.29. The summed E-state index contributed by atoms with van der Waals surface area (Å²) in [6.45, 7) is 6.31. The Morgan fingerprint density at radius 1 is 1.30 bits per heavy atom. The van der Waals surface area contributed by atoms with Gasteiger partial charge in [-0.1, -0.05) is 22.9 Å². The van der Waals surface area contributed by atoms with Gasteiger partial charge in [0, 0.05) is 43.7 Å². The molecule has 2 aliphatic heterocycles. The van der Waals surface area contributed by atoms with Gasteiger partial charge >= 0.3 is 0 Å². The van der Waals surface area contributed by atoms with Gasteiger partial charge in [0.25, 0.3) is 0 Å². The number of nitrogens with zero attached hydrogens (tertiary/aromatic N) is 3. The van der Waals surface area contributed by atoms with Crippen LogP contribution >= 0.6 is 0 Å². The predicted octanol–water partition coefficient (Wildman–Crippen LogP) is 2.11. The van der Waals surface area contributed by atoms with E-state index in [1.807, 2.05) is 17.9 Å². The number of carbonyl (C=O) groups excluding carboxylic acids is 1. The average Bonchev–Trinajstić information content (AvgIpc) is 3.19. The molecule has 0 saturated carbocycles. The summed E-state index contributed by atoms with van der Waals surface area (Å²) < 4.78 is 5.28. The van der Waals surface area contributed by atoms with Gasteiger partial charge in [-0.25, -0.2) is 0 Å². The lowest BCUT2D eigenvalue weighted by Crippen LogP contribution is -2.42. The van der Waals surface area contributed by atoms with Crippen molar-refractivity contribution in [3.05, 3.63) is 46.8 Å². The number of hydrogen-bond donors (Lipinski definition) is 1. The minimum atomic E-state index is -0.445. The van der Waals surface area contributed by atoms with Crippen LogP contribution in [0.4, 0.5) is 5.69 Å². The molecule has 1 fully saturated rings. The standard InChI is InChI=1S/C21H27N3O3/c1-14-5-6-19-16(8-14)4-3-7-24(19)21(26)13-23-11-17(20(25)12-23)10-18-9-15(2)22-27-18/h5-6,8-9,17,20,25H,3-4,7,10-13H2,1-2H3/t17-,20+/m1/s1. The van der Waals surface area contributed by atoms with Crippen molar-refractivity contribution < 1.29 is 14.4 Å². The van der Waals surface area contributed by atoms with Gasteiger partial charge < -0.3 is 14.5 Å². The molecule has 0 bridgehead atoms. The molecule has 2 aromatic rings. The van der Waals surface area contributed by atoms with Crippen molar-refractivity contribution in [1.82, 2.24) is 10.1 Å². The number of aryl methyl sites for hydroxylation is 3. The van der Waals surface area contributed by atoms with E-state index in [-0.39, 0.29) is 11.8 Å². The molecule has 1 N–H and O–H groups in total. The molecule has 1 saturated heterocycles. The molecule has 0 radical (unpaired) electrons. The van der Waals surface area contributed by atoms with Gasteiger partial charge in [-0.15, -0.1) is 0 Å². The normalized spacial score (nSPS) is 22.9. The summed E-state index contributed by atoms with van der Waals surface area (Å²) in [6.07, 6.45) is 2.23. The molecular weight excluding hydrogens is 342 g/mol. The SMILES string of the molecule is Cc1ccc2c(c1)CCCN2C(=O)CN1C[C@@H](Cc2cc(C)no2)[C@@H](O)C1. The molecule has 6 nitrogen and oxygen atoms in total. The Morgan fingerprint density at radius 2 is 2.15 bits per heavy atom. The maximum atomic E-state index is 13.0. The molecule has 6 heteroatoms. The number of aromatic nitrogens is 1. The molecular formula is C21H27N3O3. The zero-order valence-electron chi connectivity index (χ0n) is 16.0. The third kappa shape index (κ3) is 3.92. The highest BCUT2D eigenvalue weighted by atomic mass is 16.5. The fourth-order valence-electron chi connectivity index (χ4n) is 4.30. The maximum Gasteiger partial charge on any atom is 0.241 e. The van der Waals surface area contributed by atoms with Crippen LogP contribution < -0.4 is 4.90 Å². The molecule has 27 heavy (non-hydrogen) atoms. The van der Waals surface area contributed by atoms with Crippen LogP contribution in [0, 0.1) is 19.8 Å². The van der Waals surface area contributed by atoms with E-state index in [4.69, 9.17) is 4.52 Å². The summed E-state index contributed by atoms with van der Waals surface area (Å²) in [5, 5.41) is 14.3. The van der Waals surface area contributed by atoms with Crippen molar-refractivity contribution in [1.29, 1.82) is 0 Å². The molecule has 0 unspecified atom stereocenters. The van der Waals surface area contributed by atoms with Gasteiger partial charge in [0.15, 0.2) is 0 Å². The van der Waals surface area contributed by atoms with E-state index in [1.54, 1.807) is 0 Å². The van der Waals surface area contributed by atoms with Crippen LogP contribution in [0.25, 0.3) is 0 Å². The van der Waals surface area contributed by atoms with E-state index in [9.17, 15) is 9.90 Å². The summed E-state index contributed by atoms with van der Waals surface area (Å²) in [4.78, 5) is 16.9. The summed E-state index contributed by atoms with van der Waals surface area (Å²) in [5.74, 6) is 0.981. The van der Waals surface area contributed by atoms with E-state index >= 15 is 0 Å². The van der Waals surface area contributed by atoms with Crippen LogP contribution in [-0.4, -0.2) is 53.4 Å². The highest BCUT2D eigenvalue weighted by Gasteiger charge is 2.34. The van der Waals surface area contributed by atoms with Crippen molar-refractivity contribution in [2.75, 3.05) is 31.1 Å². The Balaban J connectivity index is 1.39. The number of aliphatic hydroxyl groups excluding tert-OH is 1. The fraction of sp³-hybridized carbons (Fsp3) is 0.524. The van der Waals surface area contributed by atoms with Gasteiger partial charge in [0.1, 0.15) is 5.76 Å². The number of aliphatic hydroxyl groups is 1. The molecule has 3 heterocycles. The Bertz CT molecular complexity index is 832. The molecule has 4 rings (SSSR count). The van der Waals surface area contributed by atoms with Crippen LogP contribution in [0.1, 0.15) is 29.0 Å². The van der Waals surface area contributed by atoms with Crippen molar-refractivity contribution in [2.24, 2.45) is 5.92 Å². The van der Waals surface area contributed by atoms with Crippen molar-refractivity contribution in [3.8, 4) is 0 Å². The molecule has 2 aliphatic rings. The van der Waals surface area contributed by atoms with Gasteiger partial charge in [-0.05, 0) is 38.3 Å². The Morgan fingerprint density at radius 3 is 2.93 bits per heavy atom. The van der Waals surface area contributed by atoms with Gasteiger partial charge in [0.05, 0.1) is 18.3 Å². The monoisotopic (exact) mass is 369 g/mol. The molecule has 1 amide bonds. The van der Waals surface area contributed by atoms with Crippen LogP contribution in [0.5, 0.6) is 0 Å². The van der Waals surface area contributed by atoms with Gasteiger partial charge in [-0.3, -0.25) is 9.69 Å². The highest BCUT2D eigenvalue weighted by molar-refractivity contribution is 5.96. The third-order valence-electron chi connectivity index (χ3n) is 5.64. The first-order valence-electron chi connectivity index (χ1n) is 9.72. The second kappa shape index (κ2) is 7.44. The third-order valence-corrected chi connectivity index (χ3v) is 5.64. The number of hydrogen-bond acceptors (Lipinski definition) is 5. The van der Waals surface area contributed by atoms with E-state index in [1.165, 1.54) is 11.1 Å². The van der Waals surface area contributed by atoms with Crippen molar-refractivity contribution in [2.45, 2.75) is 39.2 Å². The average molecular weight is 369 g/mol. The summed E-state index contributed by atoms with van der Waals surface area (Å²) >= 11 is 0. The number of amides is 1. The number of rotatable bonds is 4. The number of benzene rings is 1.